The second-order valence-corrected chi connectivity index (χ2v) is 5.49. The van der Waals surface area contributed by atoms with Crippen LogP contribution in [-0.2, 0) is 11.3 Å². The fraction of sp³-hybridized carbons (Fsp3) is 0.647. The molecule has 1 aliphatic carbocycles. The lowest BCUT2D eigenvalue weighted by molar-refractivity contribution is 0.00282. The summed E-state index contributed by atoms with van der Waals surface area (Å²) in [6.45, 7) is 3.97. The van der Waals surface area contributed by atoms with Crippen molar-refractivity contribution in [3.05, 3.63) is 35.9 Å². The maximum absolute atomic E-state index is 6.21. The largest absolute Gasteiger partial charge is 0.372 e. The van der Waals surface area contributed by atoms with Crippen molar-refractivity contribution in [3.63, 3.8) is 0 Å². The molecule has 19 heavy (non-hydrogen) atoms. The first-order valence-electron chi connectivity index (χ1n) is 7.79. The standard InChI is InChI=1S/C17H27NO/c1-2-18-16-12-8-3-4-9-13-17(16)19-14-15-10-6-5-7-11-15/h5-7,10-11,16-18H,2-4,8-9,12-14H2,1H3. The average Bonchev–Trinajstić information content (AvgIpc) is 2.43. The van der Waals surface area contributed by atoms with Gasteiger partial charge in [-0.2, -0.15) is 0 Å². The molecule has 1 N–H and O–H groups in total. The van der Waals surface area contributed by atoms with E-state index in [1.807, 2.05) is 0 Å². The highest BCUT2D eigenvalue weighted by atomic mass is 16.5. The molecule has 1 aliphatic rings. The van der Waals surface area contributed by atoms with Gasteiger partial charge in [0.2, 0.25) is 0 Å². The van der Waals surface area contributed by atoms with Crippen molar-refractivity contribution in [2.75, 3.05) is 6.54 Å². The zero-order chi connectivity index (χ0) is 13.3. The molecule has 1 aromatic rings. The maximum Gasteiger partial charge on any atom is 0.0732 e. The van der Waals surface area contributed by atoms with E-state index in [9.17, 15) is 0 Å². The molecule has 0 radical (unpaired) electrons. The van der Waals surface area contributed by atoms with Gasteiger partial charge in [0.05, 0.1) is 12.7 Å². The molecule has 106 valence electrons. The third kappa shape index (κ3) is 4.96. The van der Waals surface area contributed by atoms with E-state index in [0.717, 1.165) is 13.2 Å². The maximum atomic E-state index is 6.21. The lowest BCUT2D eigenvalue weighted by Gasteiger charge is -2.30. The van der Waals surface area contributed by atoms with Gasteiger partial charge in [-0.25, -0.2) is 0 Å². The number of benzene rings is 1. The minimum absolute atomic E-state index is 0.375. The second-order valence-electron chi connectivity index (χ2n) is 5.49. The Morgan fingerprint density at radius 2 is 1.79 bits per heavy atom. The van der Waals surface area contributed by atoms with Crippen LogP contribution in [0.3, 0.4) is 0 Å². The Labute approximate surface area is 117 Å². The van der Waals surface area contributed by atoms with Gasteiger partial charge in [0.15, 0.2) is 0 Å². The van der Waals surface area contributed by atoms with Crippen molar-refractivity contribution < 1.29 is 4.74 Å². The highest BCUT2D eigenvalue weighted by Crippen LogP contribution is 2.21. The van der Waals surface area contributed by atoms with Gasteiger partial charge in [-0.1, -0.05) is 62.9 Å². The molecular weight excluding hydrogens is 234 g/mol. The van der Waals surface area contributed by atoms with Crippen LogP contribution in [0.2, 0.25) is 0 Å². The van der Waals surface area contributed by atoms with Crippen LogP contribution in [0.25, 0.3) is 0 Å². The van der Waals surface area contributed by atoms with Gasteiger partial charge >= 0.3 is 0 Å². The Balaban J connectivity index is 1.89. The van der Waals surface area contributed by atoms with E-state index >= 15 is 0 Å². The van der Waals surface area contributed by atoms with Crippen molar-refractivity contribution in [3.8, 4) is 0 Å². The molecule has 0 saturated heterocycles. The normalized spacial score (nSPS) is 24.7. The van der Waals surface area contributed by atoms with Crippen molar-refractivity contribution in [2.45, 2.75) is 64.2 Å². The Morgan fingerprint density at radius 1 is 1.05 bits per heavy atom. The summed E-state index contributed by atoms with van der Waals surface area (Å²) in [4.78, 5) is 0. The molecule has 2 atom stereocenters. The zero-order valence-corrected chi connectivity index (χ0v) is 12.1. The lowest BCUT2D eigenvalue weighted by atomic mass is 9.94. The smallest absolute Gasteiger partial charge is 0.0732 e. The summed E-state index contributed by atoms with van der Waals surface area (Å²) in [5, 5.41) is 3.61. The highest BCUT2D eigenvalue weighted by molar-refractivity contribution is 5.13. The molecule has 0 amide bonds. The molecule has 0 aliphatic heterocycles. The van der Waals surface area contributed by atoms with Gasteiger partial charge in [-0.3, -0.25) is 0 Å². The molecule has 2 unspecified atom stereocenters. The molecule has 0 bridgehead atoms. The third-order valence-electron chi connectivity index (χ3n) is 3.98. The molecular formula is C17H27NO. The number of ether oxygens (including phenoxy) is 1. The number of hydrogen-bond donors (Lipinski definition) is 1. The van der Waals surface area contributed by atoms with Gasteiger partial charge < -0.3 is 10.1 Å². The predicted molar refractivity (Wildman–Crippen MR) is 80.2 cm³/mol. The van der Waals surface area contributed by atoms with E-state index in [4.69, 9.17) is 4.74 Å². The van der Waals surface area contributed by atoms with Gasteiger partial charge in [0.1, 0.15) is 0 Å². The summed E-state index contributed by atoms with van der Waals surface area (Å²) in [5.41, 5.74) is 1.28. The van der Waals surface area contributed by atoms with Crippen LogP contribution in [0.15, 0.2) is 30.3 Å². The van der Waals surface area contributed by atoms with Crippen LogP contribution in [0.1, 0.15) is 51.0 Å². The second kappa shape index (κ2) is 8.34. The van der Waals surface area contributed by atoms with Crippen molar-refractivity contribution in [2.24, 2.45) is 0 Å². The monoisotopic (exact) mass is 261 g/mol. The molecule has 1 fully saturated rings. The molecule has 0 aromatic heterocycles. The van der Waals surface area contributed by atoms with Crippen molar-refractivity contribution in [1.29, 1.82) is 0 Å². The summed E-state index contributed by atoms with van der Waals surface area (Å²) in [7, 11) is 0. The van der Waals surface area contributed by atoms with Crippen LogP contribution in [0, 0.1) is 0 Å². The molecule has 1 aromatic carbocycles. The van der Waals surface area contributed by atoms with Crippen LogP contribution in [0.4, 0.5) is 0 Å². The summed E-state index contributed by atoms with van der Waals surface area (Å²) in [6.07, 6.45) is 8.22. The summed E-state index contributed by atoms with van der Waals surface area (Å²) < 4.78 is 6.21. The number of likely N-dealkylation sites (N-methyl/N-ethyl adjacent to an activating group) is 1. The highest BCUT2D eigenvalue weighted by Gasteiger charge is 2.22. The van der Waals surface area contributed by atoms with Gasteiger partial charge in [0, 0.05) is 6.04 Å². The predicted octanol–water partition coefficient (Wildman–Crippen LogP) is 3.90. The van der Waals surface area contributed by atoms with Crippen molar-refractivity contribution >= 4 is 0 Å². The molecule has 2 heteroatoms. The van der Waals surface area contributed by atoms with Gasteiger partial charge in [0.25, 0.3) is 0 Å². The Hall–Kier alpha value is -0.860. The summed E-state index contributed by atoms with van der Waals surface area (Å²) >= 11 is 0. The lowest BCUT2D eigenvalue weighted by Crippen LogP contribution is -2.41. The molecule has 2 rings (SSSR count). The average molecular weight is 261 g/mol. The van der Waals surface area contributed by atoms with Gasteiger partial charge in [-0.15, -0.1) is 0 Å². The number of nitrogens with one attached hydrogen (secondary N) is 1. The first-order chi connectivity index (χ1) is 9.40. The minimum Gasteiger partial charge on any atom is -0.372 e. The first-order valence-corrected chi connectivity index (χ1v) is 7.79. The van der Waals surface area contributed by atoms with Crippen LogP contribution < -0.4 is 5.32 Å². The van der Waals surface area contributed by atoms with Gasteiger partial charge in [-0.05, 0) is 24.9 Å². The number of hydrogen-bond acceptors (Lipinski definition) is 2. The topological polar surface area (TPSA) is 21.3 Å². The van der Waals surface area contributed by atoms with E-state index in [1.165, 1.54) is 44.1 Å². The van der Waals surface area contributed by atoms with E-state index in [0.29, 0.717) is 12.1 Å². The van der Waals surface area contributed by atoms with Crippen molar-refractivity contribution in [1.82, 2.24) is 5.32 Å². The Morgan fingerprint density at radius 3 is 2.53 bits per heavy atom. The third-order valence-corrected chi connectivity index (χ3v) is 3.98. The van der Waals surface area contributed by atoms with E-state index in [1.54, 1.807) is 0 Å². The van der Waals surface area contributed by atoms with E-state index < -0.39 is 0 Å². The molecule has 0 spiro atoms. The molecule has 2 nitrogen and oxygen atoms in total. The fourth-order valence-corrected chi connectivity index (χ4v) is 2.92. The quantitative estimate of drug-likeness (QED) is 0.868. The Bertz CT molecular complexity index is 338. The van der Waals surface area contributed by atoms with Crippen LogP contribution >= 0.6 is 0 Å². The van der Waals surface area contributed by atoms with Crippen LogP contribution in [-0.4, -0.2) is 18.7 Å². The fourth-order valence-electron chi connectivity index (χ4n) is 2.92. The minimum atomic E-state index is 0.375. The molecule has 1 saturated carbocycles. The first kappa shape index (κ1) is 14.5. The number of rotatable bonds is 5. The SMILES string of the molecule is CCNC1CCCCCCC1OCc1ccccc1. The summed E-state index contributed by atoms with van der Waals surface area (Å²) in [5.74, 6) is 0. The zero-order valence-electron chi connectivity index (χ0n) is 12.1. The van der Waals surface area contributed by atoms with E-state index in [2.05, 4.69) is 42.6 Å². The van der Waals surface area contributed by atoms with E-state index in [-0.39, 0.29) is 0 Å². The molecule has 0 heterocycles. The Kier molecular flexibility index (Phi) is 6.38. The summed E-state index contributed by atoms with van der Waals surface area (Å²) in [6, 6.07) is 11.0. The van der Waals surface area contributed by atoms with Crippen LogP contribution in [0.5, 0.6) is 0 Å².